The van der Waals surface area contributed by atoms with Crippen LogP contribution in [0.4, 0.5) is 0 Å². The quantitative estimate of drug-likeness (QED) is 0.915. The van der Waals surface area contributed by atoms with Gasteiger partial charge < -0.3 is 10.1 Å². The largest absolute Gasteiger partial charge is 0.484 e. The molecule has 0 atom stereocenters. The summed E-state index contributed by atoms with van der Waals surface area (Å²) in [4.78, 5) is 15.7. The molecule has 1 aromatic heterocycles. The second-order valence-electron chi connectivity index (χ2n) is 5.01. The lowest BCUT2D eigenvalue weighted by molar-refractivity contribution is -0.124. The molecule has 1 aliphatic rings. The van der Waals surface area contributed by atoms with Crippen LogP contribution in [-0.2, 0) is 4.79 Å². The first-order valence-electron chi connectivity index (χ1n) is 6.72. The van der Waals surface area contributed by atoms with Crippen molar-refractivity contribution in [3.05, 3.63) is 41.9 Å². The van der Waals surface area contributed by atoms with Gasteiger partial charge in [0, 0.05) is 11.1 Å². The molecule has 6 nitrogen and oxygen atoms in total. The van der Waals surface area contributed by atoms with Crippen molar-refractivity contribution in [3.8, 4) is 5.75 Å². The molecule has 1 N–H and O–H groups in total. The molecule has 7 heteroatoms. The molecule has 2 aromatic rings. The smallest absolute Gasteiger partial charge is 0.258 e. The highest BCUT2D eigenvalue weighted by Crippen LogP contribution is 2.31. The lowest BCUT2D eigenvalue weighted by Gasteiger charge is -2.35. The van der Waals surface area contributed by atoms with Crippen molar-refractivity contribution in [2.75, 3.05) is 6.61 Å². The third-order valence-electron chi connectivity index (χ3n) is 3.47. The second kappa shape index (κ2) is 6.13. The molecular weight excluding hydrogens is 292 g/mol. The molecule has 3 rings (SSSR count). The minimum atomic E-state index is -0.119. The van der Waals surface area contributed by atoms with Gasteiger partial charge in [0.05, 0.1) is 6.04 Å². The maximum Gasteiger partial charge on any atom is 0.258 e. The Balaban J connectivity index is 1.38. The number of carbonyl (C=O) groups excluding carboxylic acids is 1. The Bertz CT molecular complexity index is 594. The average Bonchev–Trinajstić information content (AvgIpc) is 2.95. The van der Waals surface area contributed by atoms with Crippen molar-refractivity contribution in [3.63, 3.8) is 0 Å². The molecule has 0 saturated heterocycles. The van der Waals surface area contributed by atoms with Crippen LogP contribution in [0.1, 0.15) is 18.9 Å². The molecule has 1 heterocycles. The Morgan fingerprint density at radius 2 is 2.14 bits per heavy atom. The summed E-state index contributed by atoms with van der Waals surface area (Å²) >= 11 is 5.78. The average molecular weight is 307 g/mol. The van der Waals surface area contributed by atoms with Crippen molar-refractivity contribution >= 4 is 17.5 Å². The minimum Gasteiger partial charge on any atom is -0.484 e. The van der Waals surface area contributed by atoms with Gasteiger partial charge in [0.25, 0.3) is 5.91 Å². The molecule has 21 heavy (non-hydrogen) atoms. The van der Waals surface area contributed by atoms with E-state index in [-0.39, 0.29) is 18.6 Å². The van der Waals surface area contributed by atoms with Crippen LogP contribution in [0.15, 0.2) is 36.9 Å². The zero-order valence-corrected chi connectivity index (χ0v) is 12.0. The van der Waals surface area contributed by atoms with Gasteiger partial charge in [0.1, 0.15) is 18.4 Å². The maximum absolute atomic E-state index is 11.8. The van der Waals surface area contributed by atoms with Crippen molar-refractivity contribution in [2.45, 2.75) is 24.9 Å². The number of halogens is 1. The second-order valence-corrected chi connectivity index (χ2v) is 5.44. The van der Waals surface area contributed by atoms with E-state index in [1.54, 1.807) is 30.6 Å². The number of amides is 1. The fourth-order valence-corrected chi connectivity index (χ4v) is 2.40. The summed E-state index contributed by atoms with van der Waals surface area (Å²) in [5, 5.41) is 7.67. The van der Waals surface area contributed by atoms with Gasteiger partial charge >= 0.3 is 0 Å². The van der Waals surface area contributed by atoms with E-state index in [1.165, 1.54) is 6.33 Å². The van der Waals surface area contributed by atoms with Gasteiger partial charge in [-0.2, -0.15) is 5.10 Å². The Morgan fingerprint density at radius 1 is 1.38 bits per heavy atom. The predicted octanol–water partition coefficient (Wildman–Crippen LogP) is 1.83. The molecule has 1 amide bonds. The third-order valence-corrected chi connectivity index (χ3v) is 3.72. The highest BCUT2D eigenvalue weighted by molar-refractivity contribution is 6.30. The SMILES string of the molecule is O=C(COc1ccc(Cl)cc1)NC1CC(n2cncn2)C1. The summed E-state index contributed by atoms with van der Waals surface area (Å²) in [5.74, 6) is 0.510. The molecule has 0 aliphatic heterocycles. The van der Waals surface area contributed by atoms with E-state index in [0.717, 1.165) is 12.8 Å². The summed E-state index contributed by atoms with van der Waals surface area (Å²) in [5.41, 5.74) is 0. The summed E-state index contributed by atoms with van der Waals surface area (Å²) in [7, 11) is 0. The first-order chi connectivity index (χ1) is 10.2. The van der Waals surface area contributed by atoms with Crippen LogP contribution in [0.5, 0.6) is 5.75 Å². The van der Waals surface area contributed by atoms with Crippen LogP contribution in [-0.4, -0.2) is 33.3 Å². The molecule has 1 aliphatic carbocycles. The Kier molecular flexibility index (Phi) is 4.06. The van der Waals surface area contributed by atoms with E-state index in [2.05, 4.69) is 15.4 Å². The number of nitrogens with one attached hydrogen (secondary N) is 1. The number of ether oxygens (including phenoxy) is 1. The lowest BCUT2D eigenvalue weighted by Crippen LogP contribution is -2.46. The topological polar surface area (TPSA) is 69.0 Å². The van der Waals surface area contributed by atoms with Gasteiger partial charge in [0.2, 0.25) is 0 Å². The van der Waals surface area contributed by atoms with Crippen LogP contribution in [0.2, 0.25) is 5.02 Å². The van der Waals surface area contributed by atoms with Crippen molar-refractivity contribution in [1.82, 2.24) is 20.1 Å². The third kappa shape index (κ3) is 3.52. The maximum atomic E-state index is 11.8. The van der Waals surface area contributed by atoms with Crippen molar-refractivity contribution in [1.29, 1.82) is 0 Å². The zero-order valence-electron chi connectivity index (χ0n) is 11.3. The van der Waals surface area contributed by atoms with Gasteiger partial charge in [0.15, 0.2) is 6.61 Å². The van der Waals surface area contributed by atoms with Gasteiger partial charge in [-0.15, -0.1) is 0 Å². The summed E-state index contributed by atoms with van der Waals surface area (Å²) in [6.45, 7) is 0.00608. The van der Waals surface area contributed by atoms with Gasteiger partial charge in [-0.25, -0.2) is 9.67 Å². The standard InChI is InChI=1S/C14H15ClN4O2/c15-10-1-3-13(4-2-10)21-7-14(20)18-11-5-12(6-11)19-9-16-8-17-19/h1-4,8-9,11-12H,5-7H2,(H,18,20). The molecular formula is C14H15ClN4O2. The van der Waals surface area contributed by atoms with Crippen LogP contribution in [0.25, 0.3) is 0 Å². The number of aromatic nitrogens is 3. The minimum absolute atomic E-state index is 0.00608. The molecule has 1 aromatic carbocycles. The van der Waals surface area contributed by atoms with Gasteiger partial charge in [-0.3, -0.25) is 4.79 Å². The van der Waals surface area contributed by atoms with Crippen molar-refractivity contribution in [2.24, 2.45) is 0 Å². The van der Waals surface area contributed by atoms with Crippen LogP contribution < -0.4 is 10.1 Å². The van der Waals surface area contributed by atoms with Gasteiger partial charge in [-0.05, 0) is 37.1 Å². The molecule has 0 bridgehead atoms. The van der Waals surface area contributed by atoms with E-state index in [0.29, 0.717) is 16.8 Å². The molecule has 1 fully saturated rings. The van der Waals surface area contributed by atoms with Crippen LogP contribution >= 0.6 is 11.6 Å². The molecule has 0 spiro atoms. The van der Waals surface area contributed by atoms with E-state index < -0.39 is 0 Å². The summed E-state index contributed by atoms with van der Waals surface area (Å²) in [6, 6.07) is 7.43. The number of rotatable bonds is 5. The monoisotopic (exact) mass is 306 g/mol. The normalized spacial score (nSPS) is 20.6. The zero-order chi connectivity index (χ0) is 14.7. The first kappa shape index (κ1) is 13.9. The highest BCUT2D eigenvalue weighted by atomic mass is 35.5. The molecule has 1 saturated carbocycles. The number of benzene rings is 1. The predicted molar refractivity (Wildman–Crippen MR) is 77.2 cm³/mol. The van der Waals surface area contributed by atoms with E-state index >= 15 is 0 Å². The van der Waals surface area contributed by atoms with Gasteiger partial charge in [-0.1, -0.05) is 11.6 Å². The van der Waals surface area contributed by atoms with E-state index in [9.17, 15) is 4.79 Å². The van der Waals surface area contributed by atoms with E-state index in [4.69, 9.17) is 16.3 Å². The number of hydrogen-bond acceptors (Lipinski definition) is 4. The van der Waals surface area contributed by atoms with Crippen LogP contribution in [0, 0.1) is 0 Å². The molecule has 110 valence electrons. The summed E-state index contributed by atoms with van der Waals surface area (Å²) in [6.07, 6.45) is 4.96. The first-order valence-corrected chi connectivity index (χ1v) is 7.10. The number of carbonyl (C=O) groups is 1. The summed E-state index contributed by atoms with van der Waals surface area (Å²) < 4.78 is 7.22. The highest BCUT2D eigenvalue weighted by Gasteiger charge is 2.32. The fraction of sp³-hybridized carbons (Fsp3) is 0.357. The fourth-order valence-electron chi connectivity index (χ4n) is 2.28. The Labute approximate surface area is 127 Å². The van der Waals surface area contributed by atoms with Crippen LogP contribution in [0.3, 0.4) is 0 Å². The molecule has 0 radical (unpaired) electrons. The lowest BCUT2D eigenvalue weighted by atomic mass is 9.87. The number of nitrogens with zero attached hydrogens (tertiary/aromatic N) is 3. The molecule has 0 unspecified atom stereocenters. The Morgan fingerprint density at radius 3 is 2.81 bits per heavy atom. The van der Waals surface area contributed by atoms with E-state index in [1.807, 2.05) is 4.68 Å². The van der Waals surface area contributed by atoms with Crippen molar-refractivity contribution < 1.29 is 9.53 Å². The number of hydrogen-bond donors (Lipinski definition) is 1. The Hall–Kier alpha value is -2.08.